The number of primary amides is 1. The van der Waals surface area contributed by atoms with Crippen LogP contribution in [0.4, 0.5) is 17.5 Å². The summed E-state index contributed by atoms with van der Waals surface area (Å²) in [6, 6.07) is 14.6. The number of aryl methyl sites for hydroxylation is 1. The molecule has 6 N–H and O–H groups in total. The van der Waals surface area contributed by atoms with Crippen LogP contribution in [0.3, 0.4) is 0 Å². The Morgan fingerprint density at radius 2 is 1.94 bits per heavy atom. The molecule has 1 amide bonds. The van der Waals surface area contributed by atoms with Crippen LogP contribution in [0.25, 0.3) is 11.5 Å². The Kier molecular flexibility index (Phi) is 8.49. The van der Waals surface area contributed by atoms with Crippen molar-refractivity contribution in [2.45, 2.75) is 19.8 Å². The van der Waals surface area contributed by atoms with E-state index >= 15 is 0 Å². The molecule has 0 saturated heterocycles. The summed E-state index contributed by atoms with van der Waals surface area (Å²) in [6.45, 7) is 2.15. The molecule has 0 aliphatic carbocycles. The molecule has 4 aromatic rings. The molecule has 0 radical (unpaired) electrons. The van der Waals surface area contributed by atoms with Crippen molar-refractivity contribution in [2.24, 2.45) is 5.73 Å². The van der Waals surface area contributed by atoms with E-state index in [1.54, 1.807) is 12.1 Å². The van der Waals surface area contributed by atoms with Crippen LogP contribution in [0.15, 0.2) is 59.3 Å². The topological polar surface area (TPSA) is 166 Å². The Morgan fingerprint density at radius 3 is 2.53 bits per heavy atom. The van der Waals surface area contributed by atoms with Crippen molar-refractivity contribution in [1.82, 2.24) is 20.1 Å². The van der Waals surface area contributed by atoms with Crippen LogP contribution < -0.4 is 16.8 Å². The highest BCUT2D eigenvalue weighted by molar-refractivity contribution is 6.34. The Morgan fingerprint density at radius 1 is 1.18 bits per heavy atom. The van der Waals surface area contributed by atoms with Gasteiger partial charge >= 0.3 is 0 Å². The van der Waals surface area contributed by atoms with E-state index in [4.69, 9.17) is 32.7 Å². The largest absolute Gasteiger partial charge is 0.396 e. The minimum absolute atomic E-state index is 0.184. The number of amides is 1. The lowest BCUT2D eigenvalue weighted by atomic mass is 10.2. The maximum atomic E-state index is 11.2. The molecule has 176 valence electrons. The van der Waals surface area contributed by atoms with Crippen molar-refractivity contribution in [3.63, 3.8) is 0 Å². The van der Waals surface area contributed by atoms with Gasteiger partial charge in [0.2, 0.25) is 11.9 Å². The normalized spacial score (nSPS) is 10.3. The molecule has 2 heterocycles. The maximum Gasteiger partial charge on any atom is 0.263 e. The van der Waals surface area contributed by atoms with Crippen molar-refractivity contribution in [1.29, 1.82) is 0 Å². The zero-order valence-electron chi connectivity index (χ0n) is 18.4. The number of hydrogen-bond donors (Lipinski definition) is 4. The first-order valence-corrected chi connectivity index (χ1v) is 10.8. The van der Waals surface area contributed by atoms with Gasteiger partial charge < -0.3 is 26.4 Å². The number of nitrogen functional groups attached to an aromatic ring is 1. The standard InChI is InChI=1S/C15H14ClN7O2.C8H10O/c1-2-11-21-14(25-23-11)9-6-19-15(22-12(9)17)20-7-3-4-8(13(18)24)10(16)5-7;9-7-6-8-4-2-1-3-5-8/h3-6H,2H2,1H3,(H2,18,24)(H3,17,19,20,22);1-5,9H,6-7H2. The highest BCUT2D eigenvalue weighted by atomic mass is 35.5. The smallest absolute Gasteiger partial charge is 0.263 e. The molecule has 0 aliphatic rings. The van der Waals surface area contributed by atoms with Gasteiger partial charge in [-0.3, -0.25) is 4.79 Å². The molecule has 0 unspecified atom stereocenters. The van der Waals surface area contributed by atoms with Crippen LogP contribution in [0.2, 0.25) is 5.02 Å². The number of carbonyl (C=O) groups is 1. The van der Waals surface area contributed by atoms with E-state index in [9.17, 15) is 4.79 Å². The first-order chi connectivity index (χ1) is 16.4. The number of rotatable bonds is 7. The Hall–Kier alpha value is -4.02. The second-order valence-corrected chi connectivity index (χ2v) is 7.41. The predicted molar refractivity (Wildman–Crippen MR) is 130 cm³/mol. The average molecular weight is 482 g/mol. The number of carbonyl (C=O) groups excluding carboxylic acids is 1. The number of nitrogens with two attached hydrogens (primary N) is 2. The van der Waals surface area contributed by atoms with E-state index in [0.29, 0.717) is 23.5 Å². The van der Waals surface area contributed by atoms with Crippen molar-refractivity contribution >= 4 is 35.0 Å². The van der Waals surface area contributed by atoms with Crippen LogP contribution in [-0.2, 0) is 12.8 Å². The van der Waals surface area contributed by atoms with Gasteiger partial charge in [-0.2, -0.15) is 9.97 Å². The lowest BCUT2D eigenvalue weighted by molar-refractivity contribution is 0.100. The first-order valence-electron chi connectivity index (χ1n) is 10.4. The number of benzene rings is 2. The van der Waals surface area contributed by atoms with Crippen molar-refractivity contribution in [3.8, 4) is 11.5 Å². The summed E-state index contributed by atoms with van der Waals surface area (Å²) >= 11 is 6.01. The second-order valence-electron chi connectivity index (χ2n) is 7.00. The van der Waals surface area contributed by atoms with Crippen molar-refractivity contribution in [2.75, 3.05) is 17.7 Å². The summed E-state index contributed by atoms with van der Waals surface area (Å²) in [7, 11) is 0. The minimum atomic E-state index is -0.604. The van der Waals surface area contributed by atoms with Gasteiger partial charge in [0.15, 0.2) is 5.82 Å². The third-order valence-electron chi connectivity index (χ3n) is 4.57. The number of halogens is 1. The zero-order valence-corrected chi connectivity index (χ0v) is 19.2. The summed E-state index contributed by atoms with van der Waals surface area (Å²) in [5, 5.41) is 15.5. The van der Waals surface area contributed by atoms with Crippen LogP contribution in [0, 0.1) is 0 Å². The van der Waals surface area contributed by atoms with Crippen LogP contribution >= 0.6 is 11.6 Å². The summed E-state index contributed by atoms with van der Waals surface area (Å²) in [4.78, 5) is 23.7. The monoisotopic (exact) mass is 481 g/mol. The molecular weight excluding hydrogens is 458 g/mol. The molecule has 0 atom stereocenters. The summed E-state index contributed by atoms with van der Waals surface area (Å²) in [5.41, 5.74) is 13.6. The quantitative estimate of drug-likeness (QED) is 0.309. The minimum Gasteiger partial charge on any atom is -0.396 e. The molecule has 2 aromatic carbocycles. The van der Waals surface area contributed by atoms with E-state index in [2.05, 4.69) is 25.4 Å². The fourth-order valence-corrected chi connectivity index (χ4v) is 3.10. The second kappa shape index (κ2) is 11.7. The summed E-state index contributed by atoms with van der Waals surface area (Å²) < 4.78 is 5.13. The van der Waals surface area contributed by atoms with E-state index in [1.807, 2.05) is 37.3 Å². The van der Waals surface area contributed by atoms with E-state index in [-0.39, 0.29) is 34.8 Å². The fraction of sp³-hybridized carbons (Fsp3) is 0.174. The Balaban J connectivity index is 0.000000302. The number of aromatic nitrogens is 4. The molecule has 0 bridgehead atoms. The third kappa shape index (κ3) is 6.50. The highest BCUT2D eigenvalue weighted by Gasteiger charge is 2.14. The van der Waals surface area contributed by atoms with Gasteiger partial charge in [-0.25, -0.2) is 4.98 Å². The lowest BCUT2D eigenvalue weighted by Crippen LogP contribution is -2.11. The molecule has 34 heavy (non-hydrogen) atoms. The van der Waals surface area contributed by atoms with Gasteiger partial charge in [-0.05, 0) is 30.2 Å². The summed E-state index contributed by atoms with van der Waals surface area (Å²) in [5.74, 6) is 0.658. The molecule has 0 aliphatic heterocycles. The number of aliphatic hydroxyl groups is 1. The predicted octanol–water partition coefficient (Wildman–Crippen LogP) is 3.39. The number of aliphatic hydroxyl groups excluding tert-OH is 1. The number of hydrogen-bond acceptors (Lipinski definition) is 9. The third-order valence-corrected chi connectivity index (χ3v) is 4.88. The summed E-state index contributed by atoms with van der Waals surface area (Å²) in [6.07, 6.45) is 2.89. The lowest BCUT2D eigenvalue weighted by Gasteiger charge is -2.08. The number of anilines is 3. The first kappa shape index (κ1) is 24.6. The van der Waals surface area contributed by atoms with Gasteiger partial charge in [0, 0.05) is 24.9 Å². The molecule has 0 spiro atoms. The fourth-order valence-electron chi connectivity index (χ4n) is 2.82. The molecule has 11 heteroatoms. The number of nitrogens with zero attached hydrogens (tertiary/aromatic N) is 4. The van der Waals surface area contributed by atoms with Gasteiger partial charge in [0.05, 0.1) is 10.6 Å². The van der Waals surface area contributed by atoms with E-state index in [0.717, 1.165) is 6.42 Å². The van der Waals surface area contributed by atoms with Gasteiger partial charge in [0.1, 0.15) is 11.4 Å². The molecule has 0 saturated carbocycles. The molecule has 4 rings (SSSR count). The maximum absolute atomic E-state index is 11.2. The molecule has 2 aromatic heterocycles. The van der Waals surface area contributed by atoms with Crippen LogP contribution in [0.1, 0.15) is 28.7 Å². The van der Waals surface area contributed by atoms with Crippen molar-refractivity contribution in [3.05, 3.63) is 76.7 Å². The van der Waals surface area contributed by atoms with Crippen LogP contribution in [-0.4, -0.2) is 37.7 Å². The highest BCUT2D eigenvalue weighted by Crippen LogP contribution is 2.26. The zero-order chi connectivity index (χ0) is 24.5. The van der Waals surface area contributed by atoms with Crippen molar-refractivity contribution < 1.29 is 14.4 Å². The average Bonchev–Trinajstić information content (AvgIpc) is 3.29. The van der Waals surface area contributed by atoms with Gasteiger partial charge in [-0.15, -0.1) is 0 Å². The van der Waals surface area contributed by atoms with E-state index in [1.165, 1.54) is 17.8 Å². The van der Waals surface area contributed by atoms with Gasteiger partial charge in [-0.1, -0.05) is 54.0 Å². The Bertz CT molecular complexity index is 1250. The molecule has 0 fully saturated rings. The molecular formula is C23H24ClN7O3. The van der Waals surface area contributed by atoms with Crippen LogP contribution in [0.5, 0.6) is 0 Å². The van der Waals surface area contributed by atoms with E-state index < -0.39 is 5.91 Å². The number of nitrogens with one attached hydrogen (secondary N) is 1. The molecule has 10 nitrogen and oxygen atoms in total. The Labute approximate surface area is 201 Å². The SMILES string of the molecule is CCc1noc(-c2cnc(Nc3ccc(C(N)=O)c(Cl)c3)nc2N)n1.OCCc1ccccc1. The van der Waals surface area contributed by atoms with Gasteiger partial charge in [0.25, 0.3) is 5.89 Å².